The van der Waals surface area contributed by atoms with Crippen molar-refractivity contribution in [2.24, 2.45) is 0 Å². The van der Waals surface area contributed by atoms with Crippen LogP contribution in [0.1, 0.15) is 59.3 Å². The zero-order chi connectivity index (χ0) is 19.3. The van der Waals surface area contributed by atoms with E-state index in [1.807, 2.05) is 30.1 Å². The van der Waals surface area contributed by atoms with Crippen LogP contribution < -0.4 is 5.32 Å². The SMILES string of the molecule is CC(C)NC(=O)N1Cc2c(sc3c2CCCC3)-n2cccc2C1c1cccs1. The number of carbonyl (C=O) groups excluding carboxylic acids is 1. The van der Waals surface area contributed by atoms with Crippen molar-refractivity contribution >= 4 is 28.7 Å². The third-order valence-corrected chi connectivity index (χ3v) is 7.92. The lowest BCUT2D eigenvalue weighted by molar-refractivity contribution is 0.179. The number of fused-ring (bicyclic) bond motifs is 5. The molecule has 1 N–H and O–H groups in total. The second-order valence-electron chi connectivity index (χ2n) is 7.95. The van der Waals surface area contributed by atoms with Gasteiger partial charge in [0.2, 0.25) is 0 Å². The monoisotopic (exact) mass is 411 g/mol. The van der Waals surface area contributed by atoms with E-state index in [4.69, 9.17) is 0 Å². The molecule has 0 radical (unpaired) electrons. The number of urea groups is 1. The average molecular weight is 412 g/mol. The maximum absolute atomic E-state index is 13.3. The molecule has 4 heterocycles. The first-order valence-corrected chi connectivity index (χ1v) is 11.7. The van der Waals surface area contributed by atoms with Crippen LogP contribution in [0.25, 0.3) is 5.00 Å². The lowest BCUT2D eigenvalue weighted by Gasteiger charge is -2.31. The van der Waals surface area contributed by atoms with Gasteiger partial charge in [-0.3, -0.25) is 0 Å². The predicted molar refractivity (Wildman–Crippen MR) is 116 cm³/mol. The number of nitrogens with one attached hydrogen (secondary N) is 1. The van der Waals surface area contributed by atoms with E-state index in [0.717, 1.165) is 6.42 Å². The van der Waals surface area contributed by atoms with Gasteiger partial charge in [0.1, 0.15) is 11.0 Å². The number of hydrogen-bond acceptors (Lipinski definition) is 3. The minimum Gasteiger partial charge on any atom is -0.336 e. The fourth-order valence-electron chi connectivity index (χ4n) is 4.46. The van der Waals surface area contributed by atoms with Crippen molar-refractivity contribution in [1.82, 2.24) is 14.8 Å². The van der Waals surface area contributed by atoms with Gasteiger partial charge in [0, 0.05) is 27.6 Å². The zero-order valence-corrected chi connectivity index (χ0v) is 17.9. The Labute approximate surface area is 173 Å². The summed E-state index contributed by atoms with van der Waals surface area (Å²) in [5.74, 6) is 0. The largest absolute Gasteiger partial charge is 0.336 e. The minimum atomic E-state index is -0.0624. The van der Waals surface area contributed by atoms with E-state index in [1.54, 1.807) is 11.3 Å². The molecule has 0 saturated carbocycles. The molecule has 3 aromatic heterocycles. The number of hydrogen-bond donors (Lipinski definition) is 1. The Balaban J connectivity index is 1.70. The van der Waals surface area contributed by atoms with Crippen molar-refractivity contribution in [1.29, 1.82) is 0 Å². The summed E-state index contributed by atoms with van der Waals surface area (Å²) in [6, 6.07) is 8.58. The molecule has 1 aliphatic carbocycles. The van der Waals surface area contributed by atoms with Crippen LogP contribution >= 0.6 is 22.7 Å². The van der Waals surface area contributed by atoms with Gasteiger partial charge in [-0.15, -0.1) is 22.7 Å². The van der Waals surface area contributed by atoms with Crippen LogP contribution in [0.2, 0.25) is 0 Å². The van der Waals surface area contributed by atoms with Gasteiger partial charge in [-0.05, 0) is 68.7 Å². The molecule has 0 saturated heterocycles. The second-order valence-corrected chi connectivity index (χ2v) is 10.0. The average Bonchev–Trinajstić information content (AvgIpc) is 3.40. The van der Waals surface area contributed by atoms with Crippen LogP contribution in [-0.2, 0) is 19.4 Å². The van der Waals surface area contributed by atoms with Gasteiger partial charge in [-0.25, -0.2) is 4.79 Å². The van der Waals surface area contributed by atoms with Crippen molar-refractivity contribution in [3.8, 4) is 5.00 Å². The molecule has 0 aromatic carbocycles. The molecule has 6 heteroatoms. The Bertz CT molecular complexity index is 999. The third kappa shape index (κ3) is 2.90. The van der Waals surface area contributed by atoms with Crippen molar-refractivity contribution in [2.75, 3.05) is 0 Å². The molecule has 1 unspecified atom stereocenters. The van der Waals surface area contributed by atoms with Crippen molar-refractivity contribution < 1.29 is 4.79 Å². The van der Waals surface area contributed by atoms with Gasteiger partial charge in [-0.1, -0.05) is 6.07 Å². The van der Waals surface area contributed by atoms with Crippen LogP contribution in [0, 0.1) is 0 Å². The first-order valence-electron chi connectivity index (χ1n) is 10.0. The molecule has 0 spiro atoms. The van der Waals surface area contributed by atoms with Gasteiger partial charge in [-0.2, -0.15) is 0 Å². The van der Waals surface area contributed by atoms with Gasteiger partial charge < -0.3 is 14.8 Å². The molecule has 1 aliphatic heterocycles. The summed E-state index contributed by atoms with van der Waals surface area (Å²) in [6.45, 7) is 4.72. The number of nitrogens with zero attached hydrogens (tertiary/aromatic N) is 2. The Morgan fingerprint density at radius 2 is 2.04 bits per heavy atom. The fourth-order valence-corrected chi connectivity index (χ4v) is 6.71. The first kappa shape index (κ1) is 18.0. The molecule has 146 valence electrons. The molecular weight excluding hydrogens is 386 g/mol. The Hall–Kier alpha value is -2.05. The Kier molecular flexibility index (Phi) is 4.56. The van der Waals surface area contributed by atoms with E-state index in [1.165, 1.54) is 50.8 Å². The standard InChI is InChI=1S/C22H25N3OS2/c1-14(2)23-22(26)25-13-16-15-7-3-4-9-18(15)28-21(16)24-11-5-8-17(24)20(25)19-10-6-12-27-19/h5-6,8,10-12,14,20H,3-4,7,9,13H2,1-2H3,(H,23,26). The minimum absolute atomic E-state index is 0.0183. The number of thiophene rings is 2. The summed E-state index contributed by atoms with van der Waals surface area (Å²) in [4.78, 5) is 18.1. The molecule has 0 fully saturated rings. The highest BCUT2D eigenvalue weighted by Gasteiger charge is 2.36. The van der Waals surface area contributed by atoms with Gasteiger partial charge in [0.05, 0.1) is 12.2 Å². The maximum Gasteiger partial charge on any atom is 0.318 e. The van der Waals surface area contributed by atoms with E-state index in [-0.39, 0.29) is 18.1 Å². The van der Waals surface area contributed by atoms with E-state index in [9.17, 15) is 4.79 Å². The fraction of sp³-hybridized carbons (Fsp3) is 0.409. The molecule has 1 atom stereocenters. The molecule has 2 aliphatic rings. The van der Waals surface area contributed by atoms with Crippen molar-refractivity contribution in [2.45, 2.75) is 58.2 Å². The highest BCUT2D eigenvalue weighted by atomic mass is 32.1. The van der Waals surface area contributed by atoms with Gasteiger partial charge in [0.25, 0.3) is 0 Å². The summed E-state index contributed by atoms with van der Waals surface area (Å²) < 4.78 is 2.34. The second kappa shape index (κ2) is 7.08. The summed E-state index contributed by atoms with van der Waals surface area (Å²) in [5, 5.41) is 6.56. The van der Waals surface area contributed by atoms with Crippen LogP contribution in [0.15, 0.2) is 35.8 Å². The van der Waals surface area contributed by atoms with Crippen LogP contribution in [0.4, 0.5) is 4.79 Å². The smallest absolute Gasteiger partial charge is 0.318 e. The highest BCUT2D eigenvalue weighted by molar-refractivity contribution is 7.15. The molecular formula is C22H25N3OS2. The highest BCUT2D eigenvalue weighted by Crippen LogP contribution is 2.44. The lowest BCUT2D eigenvalue weighted by Crippen LogP contribution is -2.44. The van der Waals surface area contributed by atoms with E-state index in [0.29, 0.717) is 6.54 Å². The topological polar surface area (TPSA) is 37.3 Å². The number of aromatic nitrogens is 1. The van der Waals surface area contributed by atoms with Crippen LogP contribution in [0.3, 0.4) is 0 Å². The van der Waals surface area contributed by atoms with Crippen molar-refractivity contribution in [3.05, 3.63) is 62.4 Å². The Morgan fingerprint density at radius 1 is 1.18 bits per heavy atom. The zero-order valence-electron chi connectivity index (χ0n) is 16.3. The lowest BCUT2D eigenvalue weighted by atomic mass is 9.95. The predicted octanol–water partition coefficient (Wildman–Crippen LogP) is 5.50. The van der Waals surface area contributed by atoms with Gasteiger partial charge >= 0.3 is 6.03 Å². The number of amides is 2. The number of carbonyl (C=O) groups is 1. The maximum atomic E-state index is 13.3. The molecule has 3 aromatic rings. The van der Waals surface area contributed by atoms with Gasteiger partial charge in [0.15, 0.2) is 0 Å². The molecule has 5 rings (SSSR count). The first-order chi connectivity index (χ1) is 13.6. The molecule has 4 nitrogen and oxygen atoms in total. The molecule has 28 heavy (non-hydrogen) atoms. The van der Waals surface area contributed by atoms with Crippen molar-refractivity contribution in [3.63, 3.8) is 0 Å². The normalized spacial score (nSPS) is 18.4. The van der Waals surface area contributed by atoms with E-state index < -0.39 is 0 Å². The Morgan fingerprint density at radius 3 is 2.82 bits per heavy atom. The summed E-state index contributed by atoms with van der Waals surface area (Å²) >= 11 is 3.66. The molecule has 0 bridgehead atoms. The molecule has 2 amide bonds. The number of aryl methyl sites for hydroxylation is 1. The quantitative estimate of drug-likeness (QED) is 0.594. The van der Waals surface area contributed by atoms with Crippen LogP contribution in [-0.4, -0.2) is 21.5 Å². The van der Waals surface area contributed by atoms with Crippen LogP contribution in [0.5, 0.6) is 0 Å². The van der Waals surface area contributed by atoms with E-state index >= 15 is 0 Å². The summed E-state index contributed by atoms with van der Waals surface area (Å²) in [7, 11) is 0. The summed E-state index contributed by atoms with van der Waals surface area (Å²) in [5.41, 5.74) is 4.04. The number of rotatable bonds is 2. The summed E-state index contributed by atoms with van der Waals surface area (Å²) in [6.07, 6.45) is 7.01. The van der Waals surface area contributed by atoms with E-state index in [2.05, 4.69) is 45.7 Å². The third-order valence-electron chi connectivity index (χ3n) is 5.66.